The van der Waals surface area contributed by atoms with Crippen molar-refractivity contribution in [2.75, 3.05) is 26.4 Å². The van der Waals surface area contributed by atoms with E-state index >= 15 is 0 Å². The number of nitrogens with one attached hydrogen (secondary N) is 1. The summed E-state index contributed by atoms with van der Waals surface area (Å²) in [4.78, 5) is 57.3. The number of hydroxylamine groups is 2. The average molecular weight is 567 g/mol. The molecule has 3 saturated heterocycles. The van der Waals surface area contributed by atoms with Gasteiger partial charge in [0, 0.05) is 5.92 Å². The minimum atomic E-state index is -1.09. The normalized spacial score (nSPS) is 25.8. The molecule has 3 aromatic carbocycles. The smallest absolute Gasteiger partial charge is 0.407 e. The molecule has 0 aromatic heterocycles. The number of fused-ring (bicyclic) bond motifs is 4. The first kappa shape index (κ1) is 25.2. The van der Waals surface area contributed by atoms with Gasteiger partial charge in [0.2, 0.25) is 0 Å². The van der Waals surface area contributed by atoms with Crippen LogP contribution < -0.4 is 5.32 Å². The zero-order valence-electron chi connectivity index (χ0n) is 22.5. The summed E-state index contributed by atoms with van der Waals surface area (Å²) in [7, 11) is 0. The van der Waals surface area contributed by atoms with E-state index in [1.54, 1.807) is 12.1 Å². The van der Waals surface area contributed by atoms with E-state index in [1.807, 2.05) is 24.3 Å². The number of nitrogens with zero attached hydrogens (tertiary/aromatic N) is 1. The lowest BCUT2D eigenvalue weighted by Crippen LogP contribution is -2.64. The van der Waals surface area contributed by atoms with Gasteiger partial charge in [0.25, 0.3) is 11.8 Å². The van der Waals surface area contributed by atoms with Gasteiger partial charge in [-0.1, -0.05) is 65.7 Å². The number of hydrogen-bond acceptors (Lipinski definition) is 8. The van der Waals surface area contributed by atoms with Gasteiger partial charge in [-0.25, -0.2) is 9.59 Å². The second kappa shape index (κ2) is 8.73. The fourth-order valence-corrected chi connectivity index (χ4v) is 7.37. The monoisotopic (exact) mass is 566 g/mol. The number of carbonyl (C=O) groups is 4. The maximum absolute atomic E-state index is 13.5. The van der Waals surface area contributed by atoms with Gasteiger partial charge in [-0.15, -0.1) is 0 Å². The van der Waals surface area contributed by atoms with Crippen molar-refractivity contribution in [2.45, 2.75) is 30.0 Å². The highest BCUT2D eigenvalue weighted by molar-refractivity contribution is 6.21. The third-order valence-corrected chi connectivity index (χ3v) is 9.42. The molecule has 1 spiro atoms. The number of hydrogen-bond donors (Lipinski definition) is 1. The average Bonchev–Trinajstić information content (AvgIpc) is 3.65. The Labute approximate surface area is 240 Å². The zero-order chi connectivity index (χ0) is 28.7. The first-order valence-corrected chi connectivity index (χ1v) is 13.9. The summed E-state index contributed by atoms with van der Waals surface area (Å²) in [6.07, 6.45) is -0.0592. The second-order valence-electron chi connectivity index (χ2n) is 11.7. The third-order valence-electron chi connectivity index (χ3n) is 9.42. The maximum Gasteiger partial charge on any atom is 0.407 e. The summed E-state index contributed by atoms with van der Waals surface area (Å²) in [6.45, 7) is 0.670. The SMILES string of the molecule is O=C(NCC12CC(C(=O)ON3C(=O)c4ccccc4C3=O)(C1)C1(COC1)O2)OCC1c2ccccc2-c2ccccc21. The van der Waals surface area contributed by atoms with Gasteiger partial charge in [-0.3, -0.25) is 9.59 Å². The van der Waals surface area contributed by atoms with Crippen LogP contribution in [0.25, 0.3) is 11.1 Å². The Morgan fingerprint density at radius 3 is 1.93 bits per heavy atom. The van der Waals surface area contributed by atoms with E-state index in [0.29, 0.717) is 5.06 Å². The predicted octanol–water partition coefficient (Wildman–Crippen LogP) is 3.60. The second-order valence-corrected chi connectivity index (χ2v) is 11.7. The van der Waals surface area contributed by atoms with Crippen LogP contribution in [0, 0.1) is 5.41 Å². The molecule has 42 heavy (non-hydrogen) atoms. The van der Waals surface area contributed by atoms with Gasteiger partial charge in [-0.2, -0.15) is 0 Å². The van der Waals surface area contributed by atoms with Gasteiger partial charge in [0.15, 0.2) is 0 Å². The molecule has 4 aliphatic heterocycles. The molecule has 6 aliphatic rings. The molecule has 0 radical (unpaired) electrons. The van der Waals surface area contributed by atoms with Gasteiger partial charge in [-0.05, 0) is 47.2 Å². The molecular formula is C32H26N2O8. The van der Waals surface area contributed by atoms with Crippen molar-refractivity contribution < 1.29 is 38.2 Å². The van der Waals surface area contributed by atoms with Crippen LogP contribution in [0.15, 0.2) is 72.8 Å². The summed E-state index contributed by atoms with van der Waals surface area (Å²) in [5, 5.41) is 3.35. The molecule has 1 N–H and O–H groups in total. The van der Waals surface area contributed by atoms with E-state index < -0.39 is 40.5 Å². The Bertz CT molecular complexity index is 1610. The molecule has 0 atom stereocenters. The predicted molar refractivity (Wildman–Crippen MR) is 145 cm³/mol. The molecule has 2 bridgehead atoms. The van der Waals surface area contributed by atoms with Crippen molar-refractivity contribution in [1.82, 2.24) is 10.4 Å². The number of alkyl carbamates (subject to hydrolysis) is 1. The van der Waals surface area contributed by atoms with Crippen LogP contribution in [-0.2, 0) is 23.8 Å². The summed E-state index contributed by atoms with van der Waals surface area (Å²) in [5.41, 5.74) is 2.07. The Kier molecular flexibility index (Phi) is 5.24. The standard InChI is InChI=1S/C32H26N2O8/c35-26-23-11-5-6-12-24(23)27(36)34(26)41-28(37)31-14-30(15-31,42-32(31)17-39-18-32)16-33-29(38)40-13-25-21-9-3-1-7-19(21)20-8-2-4-10-22(20)25/h1-12,25H,13-18H2,(H,33,38). The molecule has 0 unspecified atom stereocenters. The first-order chi connectivity index (χ1) is 20.4. The number of benzene rings is 3. The van der Waals surface area contributed by atoms with E-state index in [9.17, 15) is 19.2 Å². The molecule has 1 saturated carbocycles. The molecule has 3 amide bonds. The van der Waals surface area contributed by atoms with Gasteiger partial charge in [0.1, 0.15) is 17.6 Å². The summed E-state index contributed by atoms with van der Waals surface area (Å²) < 4.78 is 17.5. The van der Waals surface area contributed by atoms with E-state index in [-0.39, 0.29) is 56.3 Å². The van der Waals surface area contributed by atoms with E-state index in [4.69, 9.17) is 19.0 Å². The van der Waals surface area contributed by atoms with Crippen LogP contribution in [0.5, 0.6) is 0 Å². The molecule has 9 rings (SSSR count). The topological polar surface area (TPSA) is 120 Å². The minimum Gasteiger partial charge on any atom is -0.449 e. The molecule has 2 aliphatic carbocycles. The Hall–Kier alpha value is -4.54. The van der Waals surface area contributed by atoms with Crippen molar-refractivity contribution in [3.8, 4) is 11.1 Å². The number of ether oxygens (including phenoxy) is 3. The van der Waals surface area contributed by atoms with E-state index in [2.05, 4.69) is 29.6 Å². The van der Waals surface area contributed by atoms with Crippen molar-refractivity contribution in [3.63, 3.8) is 0 Å². The maximum atomic E-state index is 13.5. The first-order valence-electron chi connectivity index (χ1n) is 13.9. The molecule has 10 nitrogen and oxygen atoms in total. The Balaban J connectivity index is 0.921. The van der Waals surface area contributed by atoms with Crippen molar-refractivity contribution in [2.24, 2.45) is 5.41 Å². The molecule has 10 heteroatoms. The van der Waals surface area contributed by atoms with Crippen molar-refractivity contribution in [1.29, 1.82) is 0 Å². The van der Waals surface area contributed by atoms with Crippen LogP contribution in [0.3, 0.4) is 0 Å². The van der Waals surface area contributed by atoms with Gasteiger partial charge < -0.3 is 24.4 Å². The summed E-state index contributed by atoms with van der Waals surface area (Å²) >= 11 is 0. The lowest BCUT2D eigenvalue weighted by Gasteiger charge is -2.48. The number of rotatable bonds is 6. The highest BCUT2D eigenvalue weighted by atomic mass is 16.7. The molecule has 3 aromatic rings. The summed E-state index contributed by atoms with van der Waals surface area (Å²) in [5.74, 6) is -2.14. The number of amides is 3. The molecule has 4 heterocycles. The highest BCUT2D eigenvalue weighted by Gasteiger charge is 2.81. The van der Waals surface area contributed by atoms with Crippen LogP contribution >= 0.6 is 0 Å². The van der Waals surface area contributed by atoms with Crippen LogP contribution in [0.1, 0.15) is 50.6 Å². The Morgan fingerprint density at radius 2 is 1.38 bits per heavy atom. The van der Waals surface area contributed by atoms with Crippen LogP contribution in [-0.4, -0.2) is 66.5 Å². The molecule has 212 valence electrons. The zero-order valence-corrected chi connectivity index (χ0v) is 22.5. The Morgan fingerprint density at radius 1 is 0.833 bits per heavy atom. The molecule has 4 fully saturated rings. The summed E-state index contributed by atoms with van der Waals surface area (Å²) in [6, 6.07) is 22.6. The lowest BCUT2D eigenvalue weighted by atomic mass is 9.55. The van der Waals surface area contributed by atoms with E-state index in [1.165, 1.54) is 12.1 Å². The minimum absolute atomic E-state index is 0.0623. The third kappa shape index (κ3) is 3.33. The largest absolute Gasteiger partial charge is 0.449 e. The molecular weight excluding hydrogens is 540 g/mol. The quantitative estimate of drug-likeness (QED) is 0.450. The van der Waals surface area contributed by atoms with Crippen molar-refractivity contribution >= 4 is 23.9 Å². The van der Waals surface area contributed by atoms with Gasteiger partial charge >= 0.3 is 12.1 Å². The number of carbonyl (C=O) groups excluding carboxylic acids is 4. The van der Waals surface area contributed by atoms with Gasteiger partial charge in [0.05, 0.1) is 36.5 Å². The van der Waals surface area contributed by atoms with Crippen LogP contribution in [0.2, 0.25) is 0 Å². The lowest BCUT2D eigenvalue weighted by molar-refractivity contribution is -0.228. The van der Waals surface area contributed by atoms with E-state index in [0.717, 1.165) is 22.3 Å². The highest BCUT2D eigenvalue weighted by Crippen LogP contribution is 2.69. The van der Waals surface area contributed by atoms with Crippen molar-refractivity contribution in [3.05, 3.63) is 95.1 Å². The fourth-order valence-electron chi connectivity index (χ4n) is 7.37. The number of imide groups is 1. The van der Waals surface area contributed by atoms with Crippen LogP contribution in [0.4, 0.5) is 4.79 Å². The fraction of sp³-hybridized carbons (Fsp3) is 0.312.